The largest absolute Gasteiger partial charge is 0.315 e. The first kappa shape index (κ1) is 15.1. The quantitative estimate of drug-likeness (QED) is 0.896. The zero-order valence-electron chi connectivity index (χ0n) is 10.5. The van der Waals surface area contributed by atoms with Crippen LogP contribution in [0.4, 0.5) is 0 Å². The number of nitrogens with one attached hydrogen (secondary N) is 1. The average Bonchev–Trinajstić information content (AvgIpc) is 2.58. The Morgan fingerprint density at radius 2 is 2.12 bits per heavy atom. The maximum absolute atomic E-state index is 11.8. The number of hydrogen-bond donors (Lipinski definition) is 1. The van der Waals surface area contributed by atoms with E-state index < -0.39 is 14.6 Å². The summed E-state index contributed by atoms with van der Waals surface area (Å²) in [7, 11) is -1.30. The second kappa shape index (κ2) is 5.38. The maximum atomic E-state index is 11.8. The second-order valence-corrected chi connectivity index (χ2v) is 9.06. The number of sulfone groups is 1. The molecule has 17 heavy (non-hydrogen) atoms. The molecule has 0 aliphatic carbocycles. The van der Waals surface area contributed by atoms with Crippen LogP contribution in [0, 0.1) is 0 Å². The Bertz CT molecular complexity index is 479. The Kier molecular flexibility index (Phi) is 4.80. The fourth-order valence-corrected chi connectivity index (χ4v) is 3.89. The summed E-state index contributed by atoms with van der Waals surface area (Å²) in [5, 5.41) is 5.12. The Morgan fingerprint density at radius 1 is 1.53 bits per heavy atom. The molecule has 1 N–H and O–H groups in total. The number of halogens is 1. The lowest BCUT2D eigenvalue weighted by Gasteiger charge is -2.32. The minimum Gasteiger partial charge on any atom is -0.315 e. The van der Waals surface area contributed by atoms with E-state index in [4.69, 9.17) is 0 Å². The summed E-state index contributed by atoms with van der Waals surface area (Å²) in [5.41, 5.74) is 0. The van der Waals surface area contributed by atoms with Crippen molar-refractivity contribution in [3.05, 3.63) is 20.8 Å². The van der Waals surface area contributed by atoms with Crippen LogP contribution in [-0.2, 0) is 16.3 Å². The van der Waals surface area contributed by atoms with Gasteiger partial charge in [0.05, 0.1) is 4.75 Å². The number of hydrogen-bond acceptors (Lipinski definition) is 4. The third kappa shape index (κ3) is 3.30. The average molecular weight is 340 g/mol. The second-order valence-electron chi connectivity index (χ2n) is 4.61. The van der Waals surface area contributed by atoms with Crippen molar-refractivity contribution >= 4 is 37.1 Å². The van der Waals surface area contributed by atoms with Gasteiger partial charge >= 0.3 is 0 Å². The molecule has 0 aliphatic heterocycles. The van der Waals surface area contributed by atoms with Crippen LogP contribution in [0.2, 0.25) is 0 Å². The van der Waals surface area contributed by atoms with Crippen LogP contribution in [-0.4, -0.2) is 32.5 Å². The molecule has 0 spiro atoms. The van der Waals surface area contributed by atoms with Crippen molar-refractivity contribution in [2.24, 2.45) is 0 Å². The molecule has 0 bridgehead atoms. The summed E-state index contributed by atoms with van der Waals surface area (Å²) < 4.78 is 23.9. The first-order valence-electron chi connectivity index (χ1n) is 5.29. The van der Waals surface area contributed by atoms with Gasteiger partial charge in [-0.3, -0.25) is 0 Å². The number of thiophene rings is 1. The van der Waals surface area contributed by atoms with Crippen molar-refractivity contribution in [2.45, 2.75) is 31.1 Å². The molecule has 0 aromatic carbocycles. The summed E-state index contributed by atoms with van der Waals surface area (Å²) >= 11 is 5.11. The van der Waals surface area contributed by atoms with Gasteiger partial charge in [-0.05, 0) is 54.7 Å². The molecular weight excluding hydrogens is 322 g/mol. The van der Waals surface area contributed by atoms with Crippen LogP contribution in [0.3, 0.4) is 0 Å². The highest BCUT2D eigenvalue weighted by molar-refractivity contribution is 9.10. The van der Waals surface area contributed by atoms with Gasteiger partial charge < -0.3 is 5.32 Å². The van der Waals surface area contributed by atoms with Crippen molar-refractivity contribution in [1.82, 2.24) is 5.32 Å². The molecule has 1 aromatic heterocycles. The van der Waals surface area contributed by atoms with Crippen LogP contribution in [0.5, 0.6) is 0 Å². The molecule has 1 heterocycles. The summed E-state index contributed by atoms with van der Waals surface area (Å²) in [6.07, 6.45) is 2.00. The Morgan fingerprint density at radius 3 is 2.47 bits per heavy atom. The van der Waals surface area contributed by atoms with Crippen molar-refractivity contribution < 1.29 is 8.42 Å². The molecule has 1 atom stereocenters. The molecule has 0 amide bonds. The molecule has 1 aromatic rings. The van der Waals surface area contributed by atoms with Crippen molar-refractivity contribution in [3.63, 3.8) is 0 Å². The van der Waals surface area contributed by atoms with Gasteiger partial charge in [0.1, 0.15) is 0 Å². The van der Waals surface area contributed by atoms with Crippen LogP contribution in [0.25, 0.3) is 0 Å². The van der Waals surface area contributed by atoms with E-state index in [1.807, 2.05) is 11.4 Å². The molecule has 0 fully saturated rings. The fraction of sp³-hybridized carbons (Fsp3) is 0.636. The molecule has 1 unspecified atom stereocenters. The first-order valence-corrected chi connectivity index (χ1v) is 8.85. The minimum absolute atomic E-state index is 0.104. The lowest BCUT2D eigenvalue weighted by molar-refractivity contribution is 0.432. The summed E-state index contributed by atoms with van der Waals surface area (Å²) in [6, 6.07) is 1.88. The standard InChI is InChI=1S/C11H18BrNO2S2/c1-11(2,17(4,14)15)10(13-3)7-9-8(12)5-6-16-9/h5-6,10,13H,7H2,1-4H3. The van der Waals surface area contributed by atoms with Crippen molar-refractivity contribution in [1.29, 1.82) is 0 Å². The summed E-state index contributed by atoms with van der Waals surface area (Å²) in [5.74, 6) is 0. The Labute approximate surface area is 116 Å². The lowest BCUT2D eigenvalue weighted by Crippen LogP contribution is -2.51. The number of likely N-dealkylation sites (N-methyl/N-ethyl adjacent to an activating group) is 1. The SMILES string of the molecule is CNC(Cc1sccc1Br)C(C)(C)S(C)(=O)=O. The fourth-order valence-electron chi connectivity index (χ4n) is 1.61. The van der Waals surface area contributed by atoms with Gasteiger partial charge in [-0.1, -0.05) is 0 Å². The predicted molar refractivity (Wildman–Crippen MR) is 77.5 cm³/mol. The van der Waals surface area contributed by atoms with Gasteiger partial charge in [0, 0.05) is 21.6 Å². The normalized spacial score (nSPS) is 14.9. The summed E-state index contributed by atoms with van der Waals surface area (Å²) in [4.78, 5) is 1.17. The molecule has 3 nitrogen and oxygen atoms in total. The monoisotopic (exact) mass is 339 g/mol. The van der Waals surface area contributed by atoms with Gasteiger partial charge in [-0.25, -0.2) is 8.42 Å². The van der Waals surface area contributed by atoms with Crippen molar-refractivity contribution in [2.75, 3.05) is 13.3 Å². The van der Waals surface area contributed by atoms with Crippen LogP contribution in [0.1, 0.15) is 18.7 Å². The van der Waals surface area contributed by atoms with E-state index in [1.54, 1.807) is 32.2 Å². The number of rotatable bonds is 5. The Hall–Kier alpha value is 0.0900. The Balaban J connectivity index is 2.98. The van der Waals surface area contributed by atoms with E-state index >= 15 is 0 Å². The van der Waals surface area contributed by atoms with E-state index in [9.17, 15) is 8.42 Å². The molecule has 0 aliphatic rings. The van der Waals surface area contributed by atoms with E-state index in [0.717, 1.165) is 4.47 Å². The predicted octanol–water partition coefficient (Wildman–Crippen LogP) is 2.46. The van der Waals surface area contributed by atoms with E-state index in [1.165, 1.54) is 11.1 Å². The smallest absolute Gasteiger partial charge is 0.154 e. The van der Waals surface area contributed by atoms with E-state index in [2.05, 4.69) is 21.2 Å². The zero-order chi connectivity index (χ0) is 13.3. The molecule has 0 saturated heterocycles. The molecule has 6 heteroatoms. The molecule has 98 valence electrons. The van der Waals surface area contributed by atoms with Crippen molar-refractivity contribution in [3.8, 4) is 0 Å². The topological polar surface area (TPSA) is 46.2 Å². The van der Waals surface area contributed by atoms with Crippen LogP contribution in [0.15, 0.2) is 15.9 Å². The van der Waals surface area contributed by atoms with E-state index in [0.29, 0.717) is 6.42 Å². The first-order chi connectivity index (χ1) is 7.70. The summed E-state index contributed by atoms with van der Waals surface area (Å²) in [6.45, 7) is 3.54. The molecular formula is C11H18BrNO2S2. The van der Waals surface area contributed by atoms with Gasteiger partial charge in [-0.15, -0.1) is 11.3 Å². The minimum atomic E-state index is -3.10. The maximum Gasteiger partial charge on any atom is 0.154 e. The molecule has 1 rings (SSSR count). The van der Waals surface area contributed by atoms with Gasteiger partial charge in [0.2, 0.25) is 0 Å². The van der Waals surface area contributed by atoms with E-state index in [-0.39, 0.29) is 6.04 Å². The third-order valence-electron chi connectivity index (χ3n) is 3.22. The van der Waals surface area contributed by atoms with Crippen LogP contribution >= 0.6 is 27.3 Å². The third-order valence-corrected chi connectivity index (χ3v) is 7.37. The molecule has 0 saturated carbocycles. The highest BCUT2D eigenvalue weighted by Crippen LogP contribution is 2.29. The highest BCUT2D eigenvalue weighted by Gasteiger charge is 2.38. The highest BCUT2D eigenvalue weighted by atomic mass is 79.9. The van der Waals surface area contributed by atoms with Gasteiger partial charge in [-0.2, -0.15) is 0 Å². The van der Waals surface area contributed by atoms with Crippen LogP contribution < -0.4 is 5.32 Å². The molecule has 0 radical (unpaired) electrons. The van der Waals surface area contributed by atoms with Gasteiger partial charge in [0.15, 0.2) is 9.84 Å². The zero-order valence-corrected chi connectivity index (χ0v) is 13.7. The van der Waals surface area contributed by atoms with Gasteiger partial charge in [0.25, 0.3) is 0 Å². The lowest BCUT2D eigenvalue weighted by atomic mass is 9.99.